The number of aliphatic hydroxyl groups is 3. The molecule has 1 fully saturated rings. The Morgan fingerprint density at radius 1 is 1.40 bits per heavy atom. The Labute approximate surface area is 119 Å². The predicted molar refractivity (Wildman–Crippen MR) is 69.5 cm³/mol. The summed E-state index contributed by atoms with van der Waals surface area (Å²) in [5, 5.41) is 34.6. The number of hydrogen-bond acceptors (Lipinski definition) is 6. The van der Waals surface area contributed by atoms with E-state index in [0.717, 1.165) is 0 Å². The summed E-state index contributed by atoms with van der Waals surface area (Å²) in [6.45, 7) is -0.433. The second-order valence-electron chi connectivity index (χ2n) is 4.76. The zero-order valence-electron chi connectivity index (χ0n) is 10.2. The van der Waals surface area contributed by atoms with Crippen molar-refractivity contribution >= 4 is 17.3 Å². The minimum Gasteiger partial charge on any atom is -0.394 e. The molecule has 0 radical (unpaired) electrons. The van der Waals surface area contributed by atoms with E-state index in [1.807, 2.05) is 0 Å². The fraction of sp³-hybridized carbons (Fsp3) is 0.545. The van der Waals surface area contributed by atoms with Crippen LogP contribution in [-0.4, -0.2) is 62.6 Å². The van der Waals surface area contributed by atoms with Crippen LogP contribution in [-0.2, 0) is 4.74 Å². The quantitative estimate of drug-likeness (QED) is 0.383. The largest absolute Gasteiger partial charge is 0.394 e. The first-order chi connectivity index (χ1) is 9.52. The molecule has 0 amide bonds. The van der Waals surface area contributed by atoms with Gasteiger partial charge < -0.3 is 30.7 Å². The summed E-state index contributed by atoms with van der Waals surface area (Å²) in [7, 11) is 0. The van der Waals surface area contributed by atoms with Crippen LogP contribution in [0.4, 0.5) is 4.39 Å². The first-order valence-electron chi connectivity index (χ1n) is 6.08. The second kappa shape index (κ2) is 4.93. The maximum atomic E-state index is 13.6. The lowest BCUT2D eigenvalue weighted by Gasteiger charge is -2.35. The van der Waals surface area contributed by atoms with Crippen molar-refractivity contribution in [3.63, 3.8) is 0 Å². The summed E-state index contributed by atoms with van der Waals surface area (Å²) in [5.41, 5.74) is 0.330. The third-order valence-corrected chi connectivity index (χ3v) is 3.86. The van der Waals surface area contributed by atoms with Gasteiger partial charge in [-0.1, -0.05) is 0 Å². The van der Waals surface area contributed by atoms with E-state index in [4.69, 9.17) is 22.1 Å². The van der Waals surface area contributed by atoms with Crippen LogP contribution in [0.5, 0.6) is 0 Å². The van der Waals surface area contributed by atoms with E-state index in [1.54, 1.807) is 0 Å². The van der Waals surface area contributed by atoms with Gasteiger partial charge in [-0.3, -0.25) is 4.90 Å². The normalized spacial score (nSPS) is 39.9. The molecule has 110 valence electrons. The Morgan fingerprint density at radius 3 is 2.80 bits per heavy atom. The lowest BCUT2D eigenvalue weighted by Crippen LogP contribution is -2.56. The molecule has 0 bridgehead atoms. The Kier molecular flexibility index (Phi) is 3.38. The van der Waals surface area contributed by atoms with Crippen molar-refractivity contribution in [1.82, 2.24) is 15.5 Å². The SMILES string of the molecule is OCC1OC(N2C=C3C(F)=CNC3NC2=S)C(O)C1O. The molecule has 0 aliphatic carbocycles. The second-order valence-corrected chi connectivity index (χ2v) is 5.15. The molecule has 3 aliphatic rings. The zero-order chi connectivity index (χ0) is 14.4. The van der Waals surface area contributed by atoms with Gasteiger partial charge in [-0.2, -0.15) is 0 Å². The van der Waals surface area contributed by atoms with E-state index in [2.05, 4.69) is 10.6 Å². The van der Waals surface area contributed by atoms with Crippen LogP contribution >= 0.6 is 12.2 Å². The predicted octanol–water partition coefficient (Wildman–Crippen LogP) is -1.76. The highest BCUT2D eigenvalue weighted by molar-refractivity contribution is 7.80. The van der Waals surface area contributed by atoms with Crippen molar-refractivity contribution in [1.29, 1.82) is 0 Å². The number of nitrogens with zero attached hydrogens (tertiary/aromatic N) is 1. The molecule has 0 spiro atoms. The summed E-state index contributed by atoms with van der Waals surface area (Å²) in [6, 6.07) is 0. The monoisotopic (exact) mass is 303 g/mol. The standard InChI is InChI=1S/C11H14FN3O4S/c12-5-1-13-9-4(5)2-15(11(20)14-9)10-8(18)7(17)6(3-16)19-10/h1-2,6-10,13,16-18H,3H2,(H,14,20). The number of nitrogens with one attached hydrogen (secondary N) is 2. The number of thiocarbonyl (C=S) groups is 1. The first-order valence-corrected chi connectivity index (χ1v) is 6.49. The summed E-state index contributed by atoms with van der Waals surface area (Å²) in [5.74, 6) is -0.443. The van der Waals surface area contributed by atoms with Crippen LogP contribution in [0.15, 0.2) is 23.8 Å². The molecule has 0 aromatic heterocycles. The van der Waals surface area contributed by atoms with Gasteiger partial charge in [-0.25, -0.2) is 4.39 Å². The van der Waals surface area contributed by atoms with Gasteiger partial charge in [0.05, 0.1) is 6.61 Å². The van der Waals surface area contributed by atoms with Gasteiger partial charge in [0.15, 0.2) is 11.3 Å². The molecular weight excluding hydrogens is 289 g/mol. The highest BCUT2D eigenvalue weighted by Gasteiger charge is 2.47. The van der Waals surface area contributed by atoms with Gasteiger partial charge in [-0.05, 0) is 12.2 Å². The number of halogens is 1. The molecule has 1 saturated heterocycles. The number of aliphatic hydroxyl groups excluding tert-OH is 3. The molecule has 0 saturated carbocycles. The van der Waals surface area contributed by atoms with Crippen molar-refractivity contribution in [2.45, 2.75) is 30.7 Å². The van der Waals surface area contributed by atoms with Gasteiger partial charge >= 0.3 is 0 Å². The average molecular weight is 303 g/mol. The smallest absolute Gasteiger partial charge is 0.177 e. The zero-order valence-corrected chi connectivity index (χ0v) is 11.0. The van der Waals surface area contributed by atoms with Gasteiger partial charge in [0.25, 0.3) is 0 Å². The van der Waals surface area contributed by atoms with Crippen LogP contribution < -0.4 is 10.6 Å². The summed E-state index contributed by atoms with van der Waals surface area (Å²) in [4.78, 5) is 1.34. The number of ether oxygens (including phenoxy) is 1. The lowest BCUT2D eigenvalue weighted by molar-refractivity contribution is -0.0597. The first kappa shape index (κ1) is 13.7. The van der Waals surface area contributed by atoms with E-state index >= 15 is 0 Å². The molecule has 5 unspecified atom stereocenters. The van der Waals surface area contributed by atoms with Gasteiger partial charge in [0.2, 0.25) is 0 Å². The number of fused-ring (bicyclic) bond motifs is 1. The molecule has 5 N–H and O–H groups in total. The number of hydrogen-bond donors (Lipinski definition) is 5. The molecule has 3 rings (SSSR count). The third-order valence-electron chi connectivity index (χ3n) is 3.54. The Bertz CT molecular complexity index is 500. The van der Waals surface area contributed by atoms with Crippen molar-refractivity contribution in [2.24, 2.45) is 0 Å². The number of rotatable bonds is 2. The molecule has 9 heteroatoms. The van der Waals surface area contributed by atoms with Crippen molar-refractivity contribution < 1.29 is 24.4 Å². The highest BCUT2D eigenvalue weighted by atomic mass is 32.1. The molecule has 7 nitrogen and oxygen atoms in total. The maximum Gasteiger partial charge on any atom is 0.177 e. The van der Waals surface area contributed by atoms with Crippen LogP contribution in [0.1, 0.15) is 0 Å². The molecular formula is C11H14FN3O4S. The summed E-state index contributed by atoms with van der Waals surface area (Å²) in [6.07, 6.45) is -2.19. The lowest BCUT2D eigenvalue weighted by atomic mass is 10.1. The van der Waals surface area contributed by atoms with E-state index < -0.39 is 43.1 Å². The molecule has 0 aromatic carbocycles. The Balaban J connectivity index is 1.86. The maximum absolute atomic E-state index is 13.6. The minimum absolute atomic E-state index is 0.226. The van der Waals surface area contributed by atoms with E-state index in [9.17, 15) is 14.6 Å². The molecule has 0 aromatic rings. The molecule has 5 atom stereocenters. The fourth-order valence-electron chi connectivity index (χ4n) is 2.43. The van der Waals surface area contributed by atoms with Gasteiger partial charge in [0.1, 0.15) is 30.3 Å². The molecule has 20 heavy (non-hydrogen) atoms. The average Bonchev–Trinajstić information content (AvgIpc) is 2.92. The van der Waals surface area contributed by atoms with Crippen molar-refractivity contribution in [3.8, 4) is 0 Å². The van der Waals surface area contributed by atoms with Crippen LogP contribution in [0.3, 0.4) is 0 Å². The van der Waals surface area contributed by atoms with Gasteiger partial charge in [-0.15, -0.1) is 0 Å². The van der Waals surface area contributed by atoms with Crippen LogP contribution in [0.2, 0.25) is 0 Å². The van der Waals surface area contributed by atoms with Crippen molar-refractivity contribution in [2.75, 3.05) is 6.61 Å². The van der Waals surface area contributed by atoms with Gasteiger partial charge in [0, 0.05) is 18.0 Å². The Hall–Kier alpha value is -1.26. The van der Waals surface area contributed by atoms with Crippen LogP contribution in [0, 0.1) is 0 Å². The minimum atomic E-state index is -1.26. The topological polar surface area (TPSA) is 97.2 Å². The van der Waals surface area contributed by atoms with Crippen LogP contribution in [0.25, 0.3) is 0 Å². The molecule has 3 heterocycles. The highest BCUT2D eigenvalue weighted by Crippen LogP contribution is 2.29. The van der Waals surface area contributed by atoms with E-state index in [1.165, 1.54) is 17.3 Å². The van der Waals surface area contributed by atoms with E-state index in [-0.39, 0.29) is 5.11 Å². The van der Waals surface area contributed by atoms with E-state index in [0.29, 0.717) is 5.57 Å². The fourth-order valence-corrected chi connectivity index (χ4v) is 2.70. The summed E-state index contributed by atoms with van der Waals surface area (Å²) >= 11 is 5.14. The third kappa shape index (κ3) is 1.98. The summed E-state index contributed by atoms with van der Waals surface area (Å²) < 4.78 is 19.0. The van der Waals surface area contributed by atoms with Crippen molar-refractivity contribution in [3.05, 3.63) is 23.8 Å². The Morgan fingerprint density at radius 2 is 2.15 bits per heavy atom. The molecule has 3 aliphatic heterocycles.